The van der Waals surface area contributed by atoms with Crippen molar-refractivity contribution in [2.45, 2.75) is 69.9 Å². The Hall–Kier alpha value is -2.04. The Morgan fingerprint density at radius 2 is 1.89 bits per heavy atom. The number of halogens is 6. The Kier molecular flexibility index (Phi) is 6.89. The summed E-state index contributed by atoms with van der Waals surface area (Å²) in [6, 6.07) is 2.99. The molecular formula is C26H27BrF5N3O. The first kappa shape index (κ1) is 25.6. The van der Waals surface area contributed by atoms with E-state index in [9.17, 15) is 13.2 Å². The molecule has 4 nitrogen and oxygen atoms in total. The summed E-state index contributed by atoms with van der Waals surface area (Å²) < 4.78 is 82.2. The molecule has 2 unspecified atom stereocenters. The molecule has 3 aromatic rings. The van der Waals surface area contributed by atoms with Crippen molar-refractivity contribution in [3.8, 4) is 0 Å². The number of hydrogen-bond donors (Lipinski definition) is 0. The molecule has 0 radical (unpaired) electrons. The molecule has 0 amide bonds. The van der Waals surface area contributed by atoms with Crippen LogP contribution >= 0.6 is 15.9 Å². The fourth-order valence-electron chi connectivity index (χ4n) is 5.53. The molecule has 0 aliphatic carbocycles. The minimum absolute atomic E-state index is 0.103. The smallest absolute Gasteiger partial charge is 0.254 e. The van der Waals surface area contributed by atoms with E-state index >= 15 is 8.78 Å². The molecule has 5 rings (SSSR count). The SMILES string of the molecule is CC(C)(F)CN1C(C(F)F)Cc2c(ccc3c2cnn3C2CCCCO2)[C@H]1c1c(F)cc(Br)cc1F. The number of alkyl halides is 3. The van der Waals surface area contributed by atoms with Gasteiger partial charge < -0.3 is 4.74 Å². The van der Waals surface area contributed by atoms with Gasteiger partial charge in [-0.15, -0.1) is 0 Å². The fraction of sp³-hybridized carbons (Fsp3) is 0.500. The molecule has 1 saturated heterocycles. The summed E-state index contributed by atoms with van der Waals surface area (Å²) in [7, 11) is 0. The zero-order chi connectivity index (χ0) is 25.8. The topological polar surface area (TPSA) is 30.3 Å². The first-order valence-electron chi connectivity index (χ1n) is 12.0. The lowest BCUT2D eigenvalue weighted by Crippen LogP contribution is -2.52. The van der Waals surface area contributed by atoms with Gasteiger partial charge in [-0.2, -0.15) is 5.10 Å². The van der Waals surface area contributed by atoms with Gasteiger partial charge in [0.2, 0.25) is 0 Å². The predicted molar refractivity (Wildman–Crippen MR) is 130 cm³/mol. The van der Waals surface area contributed by atoms with Gasteiger partial charge in [-0.3, -0.25) is 4.90 Å². The van der Waals surface area contributed by atoms with Gasteiger partial charge in [-0.1, -0.05) is 22.0 Å². The maximum atomic E-state index is 15.3. The quantitative estimate of drug-likeness (QED) is 0.306. The lowest BCUT2D eigenvalue weighted by atomic mass is 9.82. The Morgan fingerprint density at radius 3 is 2.50 bits per heavy atom. The number of nitrogens with zero attached hydrogens (tertiary/aromatic N) is 3. The van der Waals surface area contributed by atoms with Crippen LogP contribution in [-0.4, -0.2) is 46.0 Å². The lowest BCUT2D eigenvalue weighted by Gasteiger charge is -2.45. The second-order valence-electron chi connectivity index (χ2n) is 10.2. The normalized spacial score (nSPS) is 23.4. The second-order valence-corrected chi connectivity index (χ2v) is 11.1. The van der Waals surface area contributed by atoms with E-state index in [2.05, 4.69) is 21.0 Å². The van der Waals surface area contributed by atoms with Crippen LogP contribution in [0.5, 0.6) is 0 Å². The zero-order valence-corrected chi connectivity index (χ0v) is 21.5. The van der Waals surface area contributed by atoms with Gasteiger partial charge in [-0.25, -0.2) is 26.6 Å². The van der Waals surface area contributed by atoms with E-state index in [1.165, 1.54) is 18.7 Å². The Morgan fingerprint density at radius 1 is 1.17 bits per heavy atom. The summed E-state index contributed by atoms with van der Waals surface area (Å²) in [4.78, 5) is 1.21. The lowest BCUT2D eigenvalue weighted by molar-refractivity contribution is -0.0367. The fourth-order valence-corrected chi connectivity index (χ4v) is 5.94. The number of aromatic nitrogens is 2. The van der Waals surface area contributed by atoms with Crippen molar-refractivity contribution in [2.24, 2.45) is 0 Å². The van der Waals surface area contributed by atoms with Crippen LogP contribution in [-0.2, 0) is 11.2 Å². The van der Waals surface area contributed by atoms with Crippen LogP contribution in [0.25, 0.3) is 10.9 Å². The van der Waals surface area contributed by atoms with Crippen LogP contribution in [0.1, 0.15) is 62.1 Å². The number of hydrogen-bond acceptors (Lipinski definition) is 3. The number of rotatable bonds is 5. The highest BCUT2D eigenvalue weighted by atomic mass is 79.9. The molecule has 0 spiro atoms. The van der Waals surface area contributed by atoms with E-state index in [0.717, 1.165) is 31.4 Å². The minimum Gasteiger partial charge on any atom is -0.356 e. The molecule has 2 aromatic carbocycles. The summed E-state index contributed by atoms with van der Waals surface area (Å²) in [6.45, 7) is 2.73. The monoisotopic (exact) mass is 571 g/mol. The third-order valence-corrected chi connectivity index (χ3v) is 7.45. The molecule has 3 atom stereocenters. The largest absolute Gasteiger partial charge is 0.356 e. The van der Waals surface area contributed by atoms with Gasteiger partial charge in [0.25, 0.3) is 6.43 Å². The highest BCUT2D eigenvalue weighted by molar-refractivity contribution is 9.10. The number of ether oxygens (including phenoxy) is 1. The van der Waals surface area contributed by atoms with E-state index in [0.29, 0.717) is 28.6 Å². The number of fused-ring (bicyclic) bond motifs is 3. The maximum absolute atomic E-state index is 15.3. The molecular weight excluding hydrogens is 545 g/mol. The van der Waals surface area contributed by atoms with Crippen LogP contribution in [0, 0.1) is 11.6 Å². The van der Waals surface area contributed by atoms with Gasteiger partial charge in [-0.05, 0) is 68.9 Å². The van der Waals surface area contributed by atoms with E-state index in [1.807, 2.05) is 0 Å². The van der Waals surface area contributed by atoms with Gasteiger partial charge in [0.1, 0.15) is 17.3 Å². The number of benzene rings is 2. The summed E-state index contributed by atoms with van der Waals surface area (Å²) in [5.74, 6) is -1.78. The highest BCUT2D eigenvalue weighted by Gasteiger charge is 2.44. The van der Waals surface area contributed by atoms with Crippen LogP contribution in [0.15, 0.2) is 34.9 Å². The molecule has 2 aliphatic heterocycles. The van der Waals surface area contributed by atoms with Crippen molar-refractivity contribution in [1.82, 2.24) is 14.7 Å². The Balaban J connectivity index is 1.72. The van der Waals surface area contributed by atoms with Crippen molar-refractivity contribution in [3.05, 3.63) is 63.3 Å². The molecule has 1 fully saturated rings. The molecule has 10 heteroatoms. The first-order chi connectivity index (χ1) is 17.0. The van der Waals surface area contributed by atoms with Gasteiger partial charge in [0, 0.05) is 28.6 Å². The van der Waals surface area contributed by atoms with Crippen molar-refractivity contribution in [1.29, 1.82) is 0 Å². The molecule has 2 aliphatic rings. The minimum atomic E-state index is -2.86. The van der Waals surface area contributed by atoms with Gasteiger partial charge >= 0.3 is 0 Å². The first-order valence-corrected chi connectivity index (χ1v) is 12.8. The molecule has 0 saturated carbocycles. The third-order valence-electron chi connectivity index (χ3n) is 6.99. The standard InChI is InChI=1S/C26H27BrF5N3O/c1-26(2,32)13-34-21(25(30)31)11-16-15(24(34)23-18(28)9-14(27)10-19(23)29)6-7-20-17(16)12-33-35(20)22-5-3-4-8-36-22/h6-7,9-10,12,21-22,24-25H,3-5,8,11,13H2,1-2H3/t21?,22?,24-/m0/s1. The van der Waals surface area contributed by atoms with Gasteiger partial charge in [0.15, 0.2) is 6.23 Å². The van der Waals surface area contributed by atoms with Crippen LogP contribution < -0.4 is 0 Å². The van der Waals surface area contributed by atoms with Crippen molar-refractivity contribution in [2.75, 3.05) is 13.2 Å². The Labute approximate surface area is 214 Å². The Bertz CT molecular complexity index is 1250. The van der Waals surface area contributed by atoms with E-state index in [1.54, 1.807) is 23.0 Å². The third kappa shape index (κ3) is 4.67. The average Bonchev–Trinajstić information content (AvgIpc) is 3.23. The van der Waals surface area contributed by atoms with Crippen LogP contribution in [0.4, 0.5) is 22.0 Å². The van der Waals surface area contributed by atoms with E-state index in [4.69, 9.17) is 4.74 Å². The average molecular weight is 572 g/mol. The molecule has 36 heavy (non-hydrogen) atoms. The molecule has 3 heterocycles. The van der Waals surface area contributed by atoms with E-state index in [-0.39, 0.29) is 22.7 Å². The summed E-state index contributed by atoms with van der Waals surface area (Å²) in [5.41, 5.74) is -0.536. The van der Waals surface area contributed by atoms with Crippen LogP contribution in [0.2, 0.25) is 0 Å². The van der Waals surface area contributed by atoms with Gasteiger partial charge in [0.05, 0.1) is 23.8 Å². The summed E-state index contributed by atoms with van der Waals surface area (Å²) in [5, 5.41) is 5.13. The highest BCUT2D eigenvalue weighted by Crippen LogP contribution is 2.45. The van der Waals surface area contributed by atoms with Crippen molar-refractivity contribution in [3.63, 3.8) is 0 Å². The maximum Gasteiger partial charge on any atom is 0.254 e. The summed E-state index contributed by atoms with van der Waals surface area (Å²) >= 11 is 3.08. The zero-order valence-electron chi connectivity index (χ0n) is 20.0. The molecule has 1 aromatic heterocycles. The van der Waals surface area contributed by atoms with Crippen molar-refractivity contribution < 1.29 is 26.7 Å². The summed E-state index contributed by atoms with van der Waals surface area (Å²) in [6.07, 6.45) is 1.12. The molecule has 0 N–H and O–H groups in total. The van der Waals surface area contributed by atoms with Crippen molar-refractivity contribution >= 4 is 26.8 Å². The second kappa shape index (κ2) is 9.68. The molecule has 194 valence electrons. The predicted octanol–water partition coefficient (Wildman–Crippen LogP) is 7.11. The molecule has 0 bridgehead atoms. The van der Waals surface area contributed by atoms with E-state index < -0.39 is 42.4 Å². The van der Waals surface area contributed by atoms with Crippen LogP contribution in [0.3, 0.4) is 0 Å².